The average Bonchev–Trinajstić information content (AvgIpc) is 3.77. The Morgan fingerprint density at radius 1 is 1.20 bits per heavy atom. The van der Waals surface area contributed by atoms with Crippen LogP contribution in [0.25, 0.3) is 10.9 Å². The zero-order valence-electron chi connectivity index (χ0n) is 29.9. The molecular weight excluding hydrogens is 766 g/mol. The average molecular weight is 805 g/mol. The fraction of sp³-hybridized carbons (Fsp3) is 0.441. The smallest absolute Gasteiger partial charge is 0.355 e. The number of carbonyl (C=O) groups is 4. The third-order valence-electron chi connectivity index (χ3n) is 9.92. The monoisotopic (exact) mass is 804 g/mol. The SMILES string of the molecule is COC(=O)C1=C(C[N+]2(Cc3cn(C)c4cc(O)c(O)c(Cl)c4c3=O)CCCC2)C(C)SC2C(NC(=O)C(=NOC(C)(C)C(=O)O)c3csc(N)n3)C(=O)N12. The minimum atomic E-state index is -1.79. The molecule has 0 radical (unpaired) electrons. The van der Waals surface area contributed by atoms with E-state index >= 15 is 0 Å². The summed E-state index contributed by atoms with van der Waals surface area (Å²) in [5.74, 6) is -4.54. The van der Waals surface area contributed by atoms with Gasteiger partial charge in [0.2, 0.25) is 5.60 Å². The number of nitrogens with one attached hydrogen (secondary N) is 1. The number of nitrogen functional groups attached to an aromatic ring is 1. The molecule has 2 amide bonds. The topological polar surface area (TPSA) is 236 Å². The number of aliphatic carboxylic acids is 1. The van der Waals surface area contributed by atoms with Gasteiger partial charge in [0, 0.05) is 48.4 Å². The number of thioether (sulfide) groups is 1. The van der Waals surface area contributed by atoms with Crippen LogP contribution in [0.1, 0.15) is 44.9 Å². The summed E-state index contributed by atoms with van der Waals surface area (Å²) in [5.41, 5.74) is 4.69. The number of phenolic OH excluding ortho intramolecular Hbond substituents is 2. The van der Waals surface area contributed by atoms with Crippen LogP contribution in [0.5, 0.6) is 11.5 Å². The number of oxime groups is 1. The normalized spacial score (nSPS) is 21.1. The number of rotatable bonds is 11. The van der Waals surface area contributed by atoms with Crippen LogP contribution in [0, 0.1) is 0 Å². The Hall–Kier alpha value is -4.85. The van der Waals surface area contributed by atoms with Gasteiger partial charge in [-0.05, 0) is 20.8 Å². The first-order valence-corrected chi connectivity index (χ1v) is 19.0. The molecule has 288 valence electrons. The van der Waals surface area contributed by atoms with E-state index in [0.717, 1.165) is 24.2 Å². The molecule has 0 saturated carbocycles. The van der Waals surface area contributed by atoms with Crippen LogP contribution in [0.15, 0.2) is 38.9 Å². The number of nitrogens with two attached hydrogens (primary N) is 1. The highest BCUT2D eigenvalue weighted by Gasteiger charge is 2.57. The zero-order valence-corrected chi connectivity index (χ0v) is 32.3. The third kappa shape index (κ3) is 6.84. The van der Waals surface area contributed by atoms with Gasteiger partial charge in [-0.25, -0.2) is 14.6 Å². The summed E-state index contributed by atoms with van der Waals surface area (Å²) < 4.78 is 7.24. The van der Waals surface area contributed by atoms with E-state index < -0.39 is 63.4 Å². The van der Waals surface area contributed by atoms with Crippen molar-refractivity contribution in [3.63, 3.8) is 0 Å². The first-order chi connectivity index (χ1) is 25.4. The number of fused-ring (bicyclic) bond motifs is 2. The molecule has 54 heavy (non-hydrogen) atoms. The number of hydrogen-bond acceptors (Lipinski definition) is 14. The summed E-state index contributed by atoms with van der Waals surface area (Å²) in [4.78, 5) is 77.1. The zero-order chi connectivity index (χ0) is 39.4. The number of phenols is 2. The van der Waals surface area contributed by atoms with Crippen molar-refractivity contribution in [2.45, 2.75) is 62.4 Å². The van der Waals surface area contributed by atoms with Gasteiger partial charge in [0.15, 0.2) is 27.8 Å². The number of esters is 1. The molecule has 2 aromatic heterocycles. The number of β-lactam (4-membered cyclic amide) rings is 1. The summed E-state index contributed by atoms with van der Waals surface area (Å²) >= 11 is 8.75. The maximum Gasteiger partial charge on any atom is 0.355 e. The number of halogens is 1. The predicted octanol–water partition coefficient (Wildman–Crippen LogP) is 2.25. The molecule has 0 aliphatic carbocycles. The minimum absolute atomic E-state index is 0.0139. The van der Waals surface area contributed by atoms with Gasteiger partial charge in [-0.1, -0.05) is 16.8 Å². The summed E-state index contributed by atoms with van der Waals surface area (Å²) in [6.07, 6.45) is 3.39. The van der Waals surface area contributed by atoms with Crippen LogP contribution in [0.4, 0.5) is 5.13 Å². The van der Waals surface area contributed by atoms with Crippen LogP contribution in [-0.2, 0) is 42.3 Å². The highest BCUT2D eigenvalue weighted by molar-refractivity contribution is 8.00. The van der Waals surface area contributed by atoms with Crippen molar-refractivity contribution in [1.29, 1.82) is 0 Å². The fourth-order valence-electron chi connectivity index (χ4n) is 7.00. The van der Waals surface area contributed by atoms with E-state index in [1.807, 2.05) is 6.92 Å². The van der Waals surface area contributed by atoms with Crippen LogP contribution in [0.3, 0.4) is 0 Å². The number of hydrogen-bond donors (Lipinski definition) is 5. The number of nitrogens with zero attached hydrogens (tertiary/aromatic N) is 5. The first-order valence-electron chi connectivity index (χ1n) is 16.8. The van der Waals surface area contributed by atoms with E-state index in [4.69, 9.17) is 26.9 Å². The quantitative estimate of drug-likeness (QED) is 0.0468. The van der Waals surface area contributed by atoms with Crippen molar-refractivity contribution >= 4 is 80.2 Å². The lowest BCUT2D eigenvalue weighted by molar-refractivity contribution is -0.925. The number of likely N-dealkylation sites (tertiary alicyclic amines) is 1. The molecule has 3 aliphatic rings. The van der Waals surface area contributed by atoms with Crippen LogP contribution in [-0.4, -0.2) is 113 Å². The van der Waals surface area contributed by atoms with Crippen molar-refractivity contribution in [3.05, 3.63) is 55.4 Å². The molecule has 17 nitrogen and oxygen atoms in total. The summed E-state index contributed by atoms with van der Waals surface area (Å²) in [6, 6.07) is 0.180. The largest absolute Gasteiger partial charge is 0.504 e. The van der Waals surface area contributed by atoms with E-state index in [0.29, 0.717) is 40.8 Å². The van der Waals surface area contributed by atoms with E-state index in [1.54, 1.807) is 17.8 Å². The van der Waals surface area contributed by atoms with Gasteiger partial charge < -0.3 is 45.0 Å². The third-order valence-corrected chi connectivity index (χ3v) is 12.4. The van der Waals surface area contributed by atoms with E-state index in [1.165, 1.54) is 49.1 Å². The Labute approximate surface area is 321 Å². The Balaban J connectivity index is 1.31. The van der Waals surface area contributed by atoms with Crippen molar-refractivity contribution in [2.75, 3.05) is 32.5 Å². The number of amides is 2. The molecule has 6 N–H and O–H groups in total. The molecule has 2 saturated heterocycles. The molecule has 0 bridgehead atoms. The fourth-order valence-corrected chi connectivity index (χ4v) is 9.26. The van der Waals surface area contributed by atoms with Gasteiger partial charge in [0.05, 0.1) is 41.7 Å². The number of carbonyl (C=O) groups excluding carboxylic acids is 3. The Morgan fingerprint density at radius 2 is 1.89 bits per heavy atom. The lowest BCUT2D eigenvalue weighted by Crippen LogP contribution is -2.72. The molecular formula is C34H39ClN7O10S2+. The lowest BCUT2D eigenvalue weighted by atomic mass is 9.99. The molecule has 5 heterocycles. The number of quaternary nitrogens is 1. The molecule has 20 heteroatoms. The Bertz CT molecular complexity index is 2210. The maximum absolute atomic E-state index is 13.9. The number of anilines is 1. The number of aromatic hydroxyl groups is 2. The molecule has 6 rings (SSSR count). The highest BCUT2D eigenvalue weighted by Crippen LogP contribution is 2.46. The summed E-state index contributed by atoms with van der Waals surface area (Å²) in [7, 11) is 2.93. The number of pyridine rings is 1. The Morgan fingerprint density at radius 3 is 2.50 bits per heavy atom. The number of carboxylic acid groups (broad SMARTS) is 1. The predicted molar refractivity (Wildman–Crippen MR) is 200 cm³/mol. The van der Waals surface area contributed by atoms with Crippen LogP contribution < -0.4 is 16.5 Å². The number of aromatic nitrogens is 2. The van der Waals surface area contributed by atoms with Crippen LogP contribution >= 0.6 is 34.7 Å². The lowest BCUT2D eigenvalue weighted by Gasteiger charge is -2.51. The van der Waals surface area contributed by atoms with Gasteiger partial charge in [-0.2, -0.15) is 0 Å². The maximum atomic E-state index is 13.9. The van der Waals surface area contributed by atoms with Crippen LogP contribution in [0.2, 0.25) is 5.02 Å². The van der Waals surface area contributed by atoms with Crippen molar-refractivity contribution < 1.29 is 48.6 Å². The summed E-state index contributed by atoms with van der Waals surface area (Å²) in [6.45, 7) is 6.30. The Kier molecular flexibility index (Phi) is 10.4. The molecule has 1 aromatic carbocycles. The molecule has 3 unspecified atom stereocenters. The van der Waals surface area contributed by atoms with Crippen molar-refractivity contribution in [2.24, 2.45) is 12.2 Å². The number of thiazole rings is 1. The van der Waals surface area contributed by atoms with Gasteiger partial charge >= 0.3 is 11.9 Å². The van der Waals surface area contributed by atoms with Crippen molar-refractivity contribution in [3.8, 4) is 11.5 Å². The van der Waals surface area contributed by atoms with Gasteiger partial charge in [-0.3, -0.25) is 19.3 Å². The first kappa shape index (κ1) is 38.9. The molecule has 3 atom stereocenters. The van der Waals surface area contributed by atoms with E-state index in [2.05, 4.69) is 15.5 Å². The molecule has 3 aromatic rings. The number of methoxy groups -OCH3 is 1. The van der Waals surface area contributed by atoms with Crippen molar-refractivity contribution in [1.82, 2.24) is 19.8 Å². The molecule has 2 fully saturated rings. The molecule has 3 aliphatic heterocycles. The second kappa shape index (κ2) is 14.4. The number of carboxylic acids is 1. The van der Waals surface area contributed by atoms with Gasteiger partial charge in [0.1, 0.15) is 35.9 Å². The number of benzene rings is 1. The summed E-state index contributed by atoms with van der Waals surface area (Å²) in [5, 5.41) is 36.7. The second-order valence-electron chi connectivity index (χ2n) is 14.0. The number of aryl methyl sites for hydroxylation is 1. The highest BCUT2D eigenvalue weighted by atomic mass is 35.5. The van der Waals surface area contributed by atoms with E-state index in [9.17, 15) is 39.3 Å². The molecule has 0 spiro atoms. The standard InChI is InChI=1S/C34H38ClN7O10S2/c1-15-17(13-42(8-6-7-9-42)12-16-11-40(4)19-10-20(43)27(45)22(35)21(19)26(16)44)25(31(48)51-5)41-29(47)24(30(41)54-15)38-28(46)23(18-14-53-33(36)37-18)39-52-34(2,3)32(49)50/h10-11,14-15,24,30H,6-9,12-13H2,1-5H3,(H5-,36,37,38,39,43,44,45,46,49,50)/p+1. The number of ether oxygens (including phenoxy) is 1. The minimum Gasteiger partial charge on any atom is -0.504 e. The van der Waals surface area contributed by atoms with E-state index in [-0.39, 0.29) is 38.7 Å². The second-order valence-corrected chi connectivity index (χ2v) is 16.7. The van der Waals surface area contributed by atoms with Gasteiger partial charge in [0.25, 0.3) is 11.8 Å². The van der Waals surface area contributed by atoms with Gasteiger partial charge in [-0.15, -0.1) is 23.1 Å².